The lowest BCUT2D eigenvalue weighted by atomic mass is 9.77. The Balaban J connectivity index is 1.82. The summed E-state index contributed by atoms with van der Waals surface area (Å²) in [5.41, 5.74) is -0.601. The average Bonchev–Trinajstić information content (AvgIpc) is 3.04. The highest BCUT2D eigenvalue weighted by molar-refractivity contribution is 5.91. The van der Waals surface area contributed by atoms with Crippen LogP contribution in [0.1, 0.15) is 33.6 Å². The number of hydrogen-bond acceptors (Lipinski definition) is 4. The van der Waals surface area contributed by atoms with Gasteiger partial charge in [-0.2, -0.15) is 0 Å². The molecular formula is C16H23NO4. The van der Waals surface area contributed by atoms with Gasteiger partial charge in [-0.25, -0.2) is 0 Å². The fourth-order valence-corrected chi connectivity index (χ4v) is 3.70. The lowest BCUT2D eigenvalue weighted by Gasteiger charge is -2.23. The van der Waals surface area contributed by atoms with Gasteiger partial charge in [-0.15, -0.1) is 0 Å². The van der Waals surface area contributed by atoms with Crippen molar-refractivity contribution < 1.29 is 19.1 Å². The number of amides is 1. The number of ether oxygens (including phenoxy) is 2. The minimum absolute atomic E-state index is 0.0426. The first kappa shape index (κ1) is 14.6. The van der Waals surface area contributed by atoms with Crippen LogP contribution in [0.3, 0.4) is 0 Å². The molecule has 0 aliphatic carbocycles. The Morgan fingerprint density at radius 3 is 3.00 bits per heavy atom. The molecule has 1 amide bonds. The summed E-state index contributed by atoms with van der Waals surface area (Å²) in [5, 5.41) is 0. The van der Waals surface area contributed by atoms with Crippen LogP contribution in [-0.4, -0.2) is 47.7 Å². The summed E-state index contributed by atoms with van der Waals surface area (Å²) >= 11 is 0. The second-order valence-corrected chi connectivity index (χ2v) is 6.50. The lowest BCUT2D eigenvalue weighted by molar-refractivity contribution is -0.157. The summed E-state index contributed by atoms with van der Waals surface area (Å²) in [4.78, 5) is 26.9. The van der Waals surface area contributed by atoms with E-state index in [2.05, 4.69) is 6.92 Å². The summed E-state index contributed by atoms with van der Waals surface area (Å²) in [6, 6.07) is 0. The van der Waals surface area contributed by atoms with Crippen LogP contribution in [-0.2, 0) is 19.1 Å². The summed E-state index contributed by atoms with van der Waals surface area (Å²) in [6.45, 7) is 7.05. The smallest absolute Gasteiger partial charge is 0.313 e. The maximum atomic E-state index is 12.7. The van der Waals surface area contributed by atoms with E-state index in [1.165, 1.54) is 0 Å². The van der Waals surface area contributed by atoms with E-state index in [0.717, 1.165) is 19.4 Å². The van der Waals surface area contributed by atoms with E-state index < -0.39 is 17.4 Å². The molecule has 116 valence electrons. The van der Waals surface area contributed by atoms with E-state index in [1.54, 1.807) is 0 Å². The minimum Gasteiger partial charge on any atom is -0.463 e. The average molecular weight is 293 g/mol. The number of fused-ring (bicyclic) bond motifs is 1. The molecule has 1 spiro atoms. The summed E-state index contributed by atoms with van der Waals surface area (Å²) in [7, 11) is 0. The van der Waals surface area contributed by atoms with Crippen molar-refractivity contribution in [1.82, 2.24) is 4.90 Å². The molecule has 0 N–H and O–H groups in total. The number of esters is 1. The molecule has 0 aromatic heterocycles. The molecule has 0 aromatic rings. The first-order valence-corrected chi connectivity index (χ1v) is 7.85. The van der Waals surface area contributed by atoms with E-state index in [9.17, 15) is 9.59 Å². The number of carbonyl (C=O) groups is 2. The molecule has 21 heavy (non-hydrogen) atoms. The van der Waals surface area contributed by atoms with Crippen LogP contribution in [0.15, 0.2) is 12.2 Å². The van der Waals surface area contributed by atoms with Gasteiger partial charge in [-0.3, -0.25) is 9.59 Å². The molecule has 4 unspecified atom stereocenters. The summed E-state index contributed by atoms with van der Waals surface area (Å²) in [5.74, 6) is -1.16. The van der Waals surface area contributed by atoms with Crippen LogP contribution in [0, 0.1) is 11.8 Å². The maximum Gasteiger partial charge on any atom is 0.313 e. The highest BCUT2D eigenvalue weighted by atomic mass is 16.6. The van der Waals surface area contributed by atoms with Crippen molar-refractivity contribution in [3.05, 3.63) is 12.2 Å². The molecule has 3 aliphatic heterocycles. The topological polar surface area (TPSA) is 55.8 Å². The van der Waals surface area contributed by atoms with Gasteiger partial charge in [0.15, 0.2) is 0 Å². The van der Waals surface area contributed by atoms with Gasteiger partial charge < -0.3 is 14.4 Å². The molecular weight excluding hydrogens is 270 g/mol. The van der Waals surface area contributed by atoms with Gasteiger partial charge >= 0.3 is 5.97 Å². The van der Waals surface area contributed by atoms with Crippen LogP contribution in [0.5, 0.6) is 0 Å². The molecule has 2 fully saturated rings. The van der Waals surface area contributed by atoms with Gasteiger partial charge in [0.1, 0.15) is 11.5 Å². The largest absolute Gasteiger partial charge is 0.463 e. The second-order valence-electron chi connectivity index (χ2n) is 6.50. The van der Waals surface area contributed by atoms with Crippen molar-refractivity contribution in [3.63, 3.8) is 0 Å². The number of hydrogen-bond donors (Lipinski definition) is 0. The van der Waals surface area contributed by atoms with Crippen LogP contribution in [0.2, 0.25) is 0 Å². The predicted molar refractivity (Wildman–Crippen MR) is 76.4 cm³/mol. The van der Waals surface area contributed by atoms with Gasteiger partial charge in [0.05, 0.1) is 24.7 Å². The SMILES string of the molecule is CCCCN1CC23C=CC(O2)C(C(=O)OC(C)C)C3C1=O. The van der Waals surface area contributed by atoms with Crippen LogP contribution in [0.4, 0.5) is 0 Å². The maximum absolute atomic E-state index is 12.7. The molecule has 0 radical (unpaired) electrons. The number of nitrogens with zero attached hydrogens (tertiary/aromatic N) is 1. The second kappa shape index (κ2) is 5.13. The third kappa shape index (κ3) is 2.18. The number of rotatable bonds is 5. The van der Waals surface area contributed by atoms with Crippen molar-refractivity contribution in [2.24, 2.45) is 11.8 Å². The Hall–Kier alpha value is -1.36. The molecule has 4 atom stereocenters. The van der Waals surface area contributed by atoms with E-state index in [4.69, 9.17) is 9.47 Å². The Bertz CT molecular complexity index is 487. The molecule has 2 saturated heterocycles. The number of carbonyl (C=O) groups excluding carboxylic acids is 2. The molecule has 0 aromatic carbocycles. The van der Waals surface area contributed by atoms with E-state index in [1.807, 2.05) is 30.9 Å². The predicted octanol–water partition coefficient (Wildman–Crippen LogP) is 1.52. The molecule has 5 nitrogen and oxygen atoms in total. The van der Waals surface area contributed by atoms with Crippen LogP contribution < -0.4 is 0 Å². The minimum atomic E-state index is -0.601. The number of likely N-dealkylation sites (tertiary alicyclic amines) is 1. The molecule has 2 bridgehead atoms. The zero-order valence-corrected chi connectivity index (χ0v) is 12.9. The van der Waals surface area contributed by atoms with Gasteiger partial charge in [0.25, 0.3) is 0 Å². The first-order chi connectivity index (χ1) is 9.98. The fraction of sp³-hybridized carbons (Fsp3) is 0.750. The van der Waals surface area contributed by atoms with E-state index in [0.29, 0.717) is 6.54 Å². The van der Waals surface area contributed by atoms with E-state index in [-0.39, 0.29) is 24.1 Å². The van der Waals surface area contributed by atoms with Gasteiger partial charge in [-0.05, 0) is 20.3 Å². The van der Waals surface area contributed by atoms with Crippen molar-refractivity contribution in [2.45, 2.75) is 51.4 Å². The van der Waals surface area contributed by atoms with Crippen LogP contribution >= 0.6 is 0 Å². The molecule has 3 rings (SSSR count). The molecule has 0 saturated carbocycles. The van der Waals surface area contributed by atoms with E-state index >= 15 is 0 Å². The van der Waals surface area contributed by atoms with Crippen molar-refractivity contribution in [3.8, 4) is 0 Å². The first-order valence-electron chi connectivity index (χ1n) is 7.85. The quantitative estimate of drug-likeness (QED) is 0.569. The lowest BCUT2D eigenvalue weighted by Crippen LogP contribution is -2.40. The summed E-state index contributed by atoms with van der Waals surface area (Å²) in [6.07, 6.45) is 5.43. The molecule has 3 aliphatic rings. The standard InChI is InChI=1S/C16H23NO4/c1-4-5-8-17-9-16-7-6-11(21-16)12(13(16)14(17)18)15(19)20-10(2)3/h6-7,10-13H,4-5,8-9H2,1-3H3. The molecule has 3 heterocycles. The van der Waals surface area contributed by atoms with Gasteiger partial charge in [-0.1, -0.05) is 25.5 Å². The monoisotopic (exact) mass is 293 g/mol. The number of unbranched alkanes of at least 4 members (excludes halogenated alkanes) is 1. The Labute approximate surface area is 125 Å². The highest BCUT2D eigenvalue weighted by Crippen LogP contribution is 2.52. The Morgan fingerprint density at radius 1 is 1.57 bits per heavy atom. The zero-order chi connectivity index (χ0) is 15.2. The Kier molecular flexibility index (Phi) is 3.56. The van der Waals surface area contributed by atoms with Crippen molar-refractivity contribution >= 4 is 11.9 Å². The third-order valence-electron chi connectivity index (χ3n) is 4.58. The van der Waals surface area contributed by atoms with Gasteiger partial charge in [0.2, 0.25) is 5.91 Å². The highest BCUT2D eigenvalue weighted by Gasteiger charge is 2.67. The van der Waals surface area contributed by atoms with Crippen LogP contribution in [0.25, 0.3) is 0 Å². The zero-order valence-electron chi connectivity index (χ0n) is 12.9. The molecule has 5 heteroatoms. The fourth-order valence-electron chi connectivity index (χ4n) is 3.70. The Morgan fingerprint density at radius 2 is 2.33 bits per heavy atom. The summed E-state index contributed by atoms with van der Waals surface area (Å²) < 4.78 is 11.3. The third-order valence-corrected chi connectivity index (χ3v) is 4.58. The van der Waals surface area contributed by atoms with Gasteiger partial charge in [0, 0.05) is 6.54 Å². The normalized spacial score (nSPS) is 36.7. The van der Waals surface area contributed by atoms with Crippen molar-refractivity contribution in [1.29, 1.82) is 0 Å². The van der Waals surface area contributed by atoms with Crippen molar-refractivity contribution in [2.75, 3.05) is 13.1 Å².